The van der Waals surface area contributed by atoms with Gasteiger partial charge in [0.1, 0.15) is 11.8 Å². The number of benzene rings is 2. The molecular weight excluding hydrogens is 380 g/mol. The highest BCUT2D eigenvalue weighted by atomic mass is 16.5. The van der Waals surface area contributed by atoms with Crippen LogP contribution in [0.2, 0.25) is 0 Å². The Morgan fingerprint density at radius 3 is 2.70 bits per heavy atom. The van der Waals surface area contributed by atoms with E-state index in [2.05, 4.69) is 28.3 Å². The molecule has 0 saturated carbocycles. The molecule has 2 aliphatic heterocycles. The van der Waals surface area contributed by atoms with Gasteiger partial charge in [-0.1, -0.05) is 24.3 Å². The second-order valence-corrected chi connectivity index (χ2v) is 7.33. The first-order chi connectivity index (χ1) is 14.6. The third-order valence-corrected chi connectivity index (χ3v) is 5.47. The van der Waals surface area contributed by atoms with Gasteiger partial charge >= 0.3 is 5.97 Å². The minimum Gasteiger partial charge on any atom is -0.461 e. The van der Waals surface area contributed by atoms with E-state index in [4.69, 9.17) is 4.74 Å². The number of hydrogen-bond donors (Lipinski definition) is 1. The molecule has 1 N–H and O–H groups in total. The average molecular weight is 406 g/mol. The van der Waals surface area contributed by atoms with E-state index in [9.17, 15) is 9.59 Å². The van der Waals surface area contributed by atoms with Crippen molar-refractivity contribution >= 4 is 34.7 Å². The van der Waals surface area contributed by atoms with Gasteiger partial charge in [0.25, 0.3) is 0 Å². The van der Waals surface area contributed by atoms with Crippen LogP contribution in [0.1, 0.15) is 25.8 Å². The van der Waals surface area contributed by atoms with Gasteiger partial charge in [-0.25, -0.2) is 4.79 Å². The molecule has 0 fully saturated rings. The average Bonchev–Trinajstić information content (AvgIpc) is 3.39. The van der Waals surface area contributed by atoms with Crippen LogP contribution >= 0.6 is 0 Å². The molecule has 1 atom stereocenters. The summed E-state index contributed by atoms with van der Waals surface area (Å²) in [6.45, 7) is 6.09. The summed E-state index contributed by atoms with van der Waals surface area (Å²) in [6, 6.07) is 14.8. The zero-order valence-electron chi connectivity index (χ0n) is 17.3. The number of ether oxygens (including phenoxy) is 1. The summed E-state index contributed by atoms with van der Waals surface area (Å²) in [6.07, 6.45) is 1.23. The Balaban J connectivity index is 1.56. The second-order valence-electron chi connectivity index (χ2n) is 7.33. The highest BCUT2D eigenvalue weighted by Gasteiger charge is 2.37. The number of carbonyl (C=O) groups is 2. The first-order valence-corrected chi connectivity index (χ1v) is 10.4. The van der Waals surface area contributed by atoms with Crippen molar-refractivity contribution in [1.82, 2.24) is 0 Å². The Morgan fingerprint density at radius 1 is 1.17 bits per heavy atom. The topological polar surface area (TPSA) is 74.2 Å². The number of likely N-dealkylation sites (N-methyl/N-ethyl adjacent to an activating group) is 1. The number of hydrazone groups is 1. The number of para-hydroxylation sites is 1. The van der Waals surface area contributed by atoms with Crippen LogP contribution in [0.5, 0.6) is 0 Å². The summed E-state index contributed by atoms with van der Waals surface area (Å²) in [5, 5.41) is 9.03. The lowest BCUT2D eigenvalue weighted by atomic mass is 10.1. The van der Waals surface area contributed by atoms with Crippen LogP contribution in [0.4, 0.5) is 17.1 Å². The van der Waals surface area contributed by atoms with E-state index < -0.39 is 12.0 Å². The van der Waals surface area contributed by atoms with Crippen molar-refractivity contribution < 1.29 is 14.3 Å². The van der Waals surface area contributed by atoms with Crippen LogP contribution in [-0.2, 0) is 20.7 Å². The summed E-state index contributed by atoms with van der Waals surface area (Å²) < 4.78 is 5.10. The van der Waals surface area contributed by atoms with Crippen molar-refractivity contribution in [2.75, 3.05) is 34.9 Å². The van der Waals surface area contributed by atoms with Crippen LogP contribution in [-0.4, -0.2) is 43.3 Å². The van der Waals surface area contributed by atoms with E-state index in [-0.39, 0.29) is 24.6 Å². The van der Waals surface area contributed by atoms with E-state index in [1.54, 1.807) is 11.9 Å². The largest absolute Gasteiger partial charge is 0.461 e. The second kappa shape index (κ2) is 8.57. The van der Waals surface area contributed by atoms with E-state index in [1.165, 1.54) is 11.3 Å². The van der Waals surface area contributed by atoms with E-state index in [0.717, 1.165) is 30.9 Å². The van der Waals surface area contributed by atoms with Gasteiger partial charge in [0.2, 0.25) is 5.91 Å². The smallest absolute Gasteiger partial charge is 0.354 e. The van der Waals surface area contributed by atoms with Crippen molar-refractivity contribution in [2.45, 2.75) is 32.7 Å². The molecule has 7 nitrogen and oxygen atoms in total. The van der Waals surface area contributed by atoms with Gasteiger partial charge in [-0.2, -0.15) is 5.10 Å². The van der Waals surface area contributed by atoms with Crippen molar-refractivity contribution in [3.8, 4) is 0 Å². The maximum Gasteiger partial charge on any atom is 0.354 e. The van der Waals surface area contributed by atoms with Gasteiger partial charge in [-0.15, -0.1) is 0 Å². The third-order valence-electron chi connectivity index (χ3n) is 5.47. The summed E-state index contributed by atoms with van der Waals surface area (Å²) in [4.78, 5) is 27.7. The molecule has 30 heavy (non-hydrogen) atoms. The quantitative estimate of drug-likeness (QED) is 0.746. The molecule has 2 aromatic rings. The van der Waals surface area contributed by atoms with E-state index >= 15 is 0 Å². The summed E-state index contributed by atoms with van der Waals surface area (Å²) >= 11 is 0. The molecule has 0 saturated heterocycles. The number of esters is 1. The zero-order valence-corrected chi connectivity index (χ0v) is 17.3. The molecule has 0 aliphatic carbocycles. The molecule has 0 bridgehead atoms. The van der Waals surface area contributed by atoms with Crippen LogP contribution in [0.25, 0.3) is 0 Å². The highest BCUT2D eigenvalue weighted by Crippen LogP contribution is 2.31. The first-order valence-electron chi connectivity index (χ1n) is 10.4. The highest BCUT2D eigenvalue weighted by molar-refractivity contribution is 6.38. The number of nitrogens with zero attached hydrogens (tertiary/aromatic N) is 3. The number of carbonyl (C=O) groups excluding carboxylic acids is 2. The normalized spacial score (nSPS) is 17.5. The number of anilines is 3. The fourth-order valence-corrected chi connectivity index (χ4v) is 3.95. The van der Waals surface area contributed by atoms with Gasteiger partial charge in [0.05, 0.1) is 12.3 Å². The molecule has 2 aromatic carbocycles. The molecule has 0 aromatic heterocycles. The van der Waals surface area contributed by atoms with E-state index in [1.807, 2.05) is 42.5 Å². The first kappa shape index (κ1) is 19.9. The van der Waals surface area contributed by atoms with Gasteiger partial charge in [-0.05, 0) is 50.1 Å². The molecule has 1 unspecified atom stereocenters. The van der Waals surface area contributed by atoms with Crippen LogP contribution in [0.3, 0.4) is 0 Å². The van der Waals surface area contributed by atoms with Crippen LogP contribution < -0.4 is 15.2 Å². The Labute approximate surface area is 176 Å². The standard InChI is InChI=1S/C23H26N4O3/c1-3-26-13-12-16-10-11-17(14-20(16)26)24-22(28)21-15-19(23(29)30-4-2)25-27(21)18-8-6-5-7-9-18/h5-11,14,21H,3-4,12-13,15H2,1-2H3,(H,24,28). The van der Waals surface area contributed by atoms with E-state index in [0.29, 0.717) is 0 Å². The zero-order chi connectivity index (χ0) is 21.1. The fraction of sp³-hybridized carbons (Fsp3) is 0.348. The molecule has 0 spiro atoms. The monoisotopic (exact) mass is 406 g/mol. The van der Waals surface area contributed by atoms with Crippen molar-refractivity contribution in [2.24, 2.45) is 5.10 Å². The third kappa shape index (κ3) is 3.87. The minimum absolute atomic E-state index is 0.200. The Morgan fingerprint density at radius 2 is 1.97 bits per heavy atom. The lowest BCUT2D eigenvalue weighted by molar-refractivity contribution is -0.135. The molecule has 4 rings (SSSR count). The summed E-state index contributed by atoms with van der Waals surface area (Å²) in [7, 11) is 0. The lowest BCUT2D eigenvalue weighted by Crippen LogP contribution is -2.38. The van der Waals surface area contributed by atoms with Crippen LogP contribution in [0, 0.1) is 0 Å². The number of rotatable bonds is 6. The number of hydrogen-bond acceptors (Lipinski definition) is 6. The molecule has 0 radical (unpaired) electrons. The van der Waals surface area contributed by atoms with Gasteiger partial charge < -0.3 is 15.0 Å². The Hall–Kier alpha value is -3.35. The van der Waals surface area contributed by atoms with Crippen molar-refractivity contribution in [3.05, 3.63) is 54.1 Å². The minimum atomic E-state index is -0.623. The Bertz CT molecular complexity index is 974. The molecule has 2 heterocycles. The maximum atomic E-state index is 13.2. The molecular formula is C23H26N4O3. The summed E-state index contributed by atoms with van der Waals surface area (Å²) in [5.41, 5.74) is 4.23. The molecule has 1 amide bonds. The lowest BCUT2D eigenvalue weighted by Gasteiger charge is -2.23. The predicted molar refractivity (Wildman–Crippen MR) is 118 cm³/mol. The summed E-state index contributed by atoms with van der Waals surface area (Å²) in [5.74, 6) is -0.687. The van der Waals surface area contributed by atoms with Gasteiger partial charge in [0, 0.05) is 30.9 Å². The number of nitrogens with one attached hydrogen (secondary N) is 1. The van der Waals surface area contributed by atoms with Gasteiger partial charge in [0.15, 0.2) is 0 Å². The van der Waals surface area contributed by atoms with Gasteiger partial charge in [-0.3, -0.25) is 9.80 Å². The SMILES string of the molecule is CCOC(=O)C1=NN(c2ccccc2)C(C(=O)Nc2ccc3c(c2)N(CC)CC3)C1. The van der Waals surface area contributed by atoms with Crippen molar-refractivity contribution in [3.63, 3.8) is 0 Å². The maximum absolute atomic E-state index is 13.2. The van der Waals surface area contributed by atoms with Crippen LogP contribution in [0.15, 0.2) is 53.6 Å². The number of fused-ring (bicyclic) bond motifs is 1. The molecule has 156 valence electrons. The molecule has 2 aliphatic rings. The fourth-order valence-electron chi connectivity index (χ4n) is 3.95. The molecule has 7 heteroatoms. The predicted octanol–water partition coefficient (Wildman–Crippen LogP) is 3.21. The number of amides is 1. The van der Waals surface area contributed by atoms with Crippen molar-refractivity contribution in [1.29, 1.82) is 0 Å². The Kier molecular flexibility index (Phi) is 5.70.